The van der Waals surface area contributed by atoms with Crippen molar-refractivity contribution in [2.24, 2.45) is 0 Å². The van der Waals surface area contributed by atoms with Crippen LogP contribution in [0.15, 0.2) is 35.9 Å². The molecule has 4 heteroatoms. The molecule has 0 aromatic heterocycles. The summed E-state index contributed by atoms with van der Waals surface area (Å²) in [4.78, 5) is 14.0. The third-order valence-corrected chi connectivity index (χ3v) is 4.06. The minimum absolute atomic E-state index is 0.0163. The van der Waals surface area contributed by atoms with Crippen molar-refractivity contribution in [2.75, 3.05) is 24.5 Å². The summed E-state index contributed by atoms with van der Waals surface area (Å²) in [7, 11) is 0. The molecular formula is C18H25FN2O. The molecule has 1 aliphatic carbocycles. The first-order valence-corrected chi connectivity index (χ1v) is 8.14. The SMILES string of the molecule is CCN(CC(=O)NCCC1=CCCCC1)c1ccc(F)cc1. The lowest BCUT2D eigenvalue weighted by Gasteiger charge is -2.22. The van der Waals surface area contributed by atoms with Crippen LogP contribution in [-0.4, -0.2) is 25.5 Å². The molecule has 120 valence electrons. The molecule has 0 aliphatic heterocycles. The van der Waals surface area contributed by atoms with Gasteiger partial charge in [0.2, 0.25) is 5.91 Å². The van der Waals surface area contributed by atoms with Crippen molar-refractivity contribution in [3.63, 3.8) is 0 Å². The summed E-state index contributed by atoms with van der Waals surface area (Å²) >= 11 is 0. The van der Waals surface area contributed by atoms with Gasteiger partial charge in [-0.2, -0.15) is 0 Å². The summed E-state index contributed by atoms with van der Waals surface area (Å²) in [6.45, 7) is 3.71. The van der Waals surface area contributed by atoms with E-state index in [2.05, 4.69) is 11.4 Å². The number of carbonyl (C=O) groups is 1. The van der Waals surface area contributed by atoms with Gasteiger partial charge in [0.25, 0.3) is 0 Å². The van der Waals surface area contributed by atoms with Gasteiger partial charge in [0.15, 0.2) is 0 Å². The number of carbonyl (C=O) groups excluding carboxylic acids is 1. The van der Waals surface area contributed by atoms with Gasteiger partial charge in [-0.05, 0) is 63.3 Å². The van der Waals surface area contributed by atoms with Crippen molar-refractivity contribution in [1.82, 2.24) is 5.32 Å². The molecule has 0 bridgehead atoms. The predicted molar refractivity (Wildman–Crippen MR) is 88.5 cm³/mol. The molecular weight excluding hydrogens is 279 g/mol. The number of hydrogen-bond donors (Lipinski definition) is 1. The van der Waals surface area contributed by atoms with Crippen LogP contribution in [0.3, 0.4) is 0 Å². The van der Waals surface area contributed by atoms with Crippen molar-refractivity contribution >= 4 is 11.6 Å². The van der Waals surface area contributed by atoms with Gasteiger partial charge in [-0.3, -0.25) is 4.79 Å². The minimum Gasteiger partial charge on any atom is -0.362 e. The van der Waals surface area contributed by atoms with E-state index in [0.29, 0.717) is 19.6 Å². The molecule has 0 radical (unpaired) electrons. The fraction of sp³-hybridized carbons (Fsp3) is 0.500. The first kappa shape index (κ1) is 16.5. The van der Waals surface area contributed by atoms with Gasteiger partial charge in [0.05, 0.1) is 6.54 Å². The van der Waals surface area contributed by atoms with Crippen LogP contribution in [0, 0.1) is 5.82 Å². The van der Waals surface area contributed by atoms with Crippen molar-refractivity contribution < 1.29 is 9.18 Å². The number of likely N-dealkylation sites (N-methyl/N-ethyl adjacent to an activating group) is 1. The Kier molecular flexibility index (Phi) is 6.44. The predicted octanol–water partition coefficient (Wildman–Crippen LogP) is 3.66. The number of amides is 1. The fourth-order valence-corrected chi connectivity index (χ4v) is 2.76. The average Bonchev–Trinajstić information content (AvgIpc) is 2.54. The molecule has 1 amide bonds. The topological polar surface area (TPSA) is 32.3 Å². The fourth-order valence-electron chi connectivity index (χ4n) is 2.76. The highest BCUT2D eigenvalue weighted by atomic mass is 19.1. The summed E-state index contributed by atoms with van der Waals surface area (Å²) in [6, 6.07) is 6.26. The van der Waals surface area contributed by atoms with E-state index < -0.39 is 0 Å². The molecule has 1 aromatic carbocycles. The van der Waals surface area contributed by atoms with Crippen molar-refractivity contribution in [3.8, 4) is 0 Å². The van der Waals surface area contributed by atoms with Crippen LogP contribution in [0.2, 0.25) is 0 Å². The molecule has 0 heterocycles. The van der Waals surface area contributed by atoms with Crippen LogP contribution in [0.25, 0.3) is 0 Å². The summed E-state index contributed by atoms with van der Waals surface area (Å²) < 4.78 is 13.0. The quantitative estimate of drug-likeness (QED) is 0.780. The van der Waals surface area contributed by atoms with Crippen LogP contribution in [0.5, 0.6) is 0 Å². The van der Waals surface area contributed by atoms with Crippen molar-refractivity contribution in [3.05, 3.63) is 41.7 Å². The first-order chi connectivity index (χ1) is 10.7. The van der Waals surface area contributed by atoms with Gasteiger partial charge in [-0.15, -0.1) is 0 Å². The number of nitrogens with zero attached hydrogens (tertiary/aromatic N) is 1. The van der Waals surface area contributed by atoms with Gasteiger partial charge in [0, 0.05) is 18.8 Å². The Morgan fingerprint density at radius 2 is 2.05 bits per heavy atom. The van der Waals surface area contributed by atoms with Crippen LogP contribution < -0.4 is 10.2 Å². The Morgan fingerprint density at radius 1 is 1.27 bits per heavy atom. The van der Waals surface area contributed by atoms with Gasteiger partial charge >= 0.3 is 0 Å². The Labute approximate surface area is 132 Å². The summed E-state index contributed by atoms with van der Waals surface area (Å²) in [5.41, 5.74) is 2.34. The molecule has 1 N–H and O–H groups in total. The minimum atomic E-state index is -0.259. The normalized spacial score (nSPS) is 14.4. The second-order valence-electron chi connectivity index (χ2n) is 5.70. The Bertz CT molecular complexity index is 510. The Morgan fingerprint density at radius 3 is 2.68 bits per heavy atom. The van der Waals surface area contributed by atoms with E-state index in [1.165, 1.54) is 43.4 Å². The zero-order valence-electron chi connectivity index (χ0n) is 13.3. The highest BCUT2D eigenvalue weighted by Crippen LogP contribution is 2.19. The zero-order valence-corrected chi connectivity index (χ0v) is 13.3. The zero-order chi connectivity index (χ0) is 15.8. The summed E-state index contributed by atoms with van der Waals surface area (Å²) in [6.07, 6.45) is 8.18. The van der Waals surface area contributed by atoms with Crippen molar-refractivity contribution in [2.45, 2.75) is 39.0 Å². The maximum absolute atomic E-state index is 13.0. The Balaban J connectivity index is 1.77. The largest absolute Gasteiger partial charge is 0.362 e. The second-order valence-corrected chi connectivity index (χ2v) is 5.70. The maximum atomic E-state index is 13.0. The van der Waals surface area contributed by atoms with E-state index in [4.69, 9.17) is 0 Å². The molecule has 2 rings (SSSR count). The molecule has 1 aliphatic rings. The van der Waals surface area contributed by atoms with E-state index in [1.807, 2.05) is 11.8 Å². The number of benzene rings is 1. The third kappa shape index (κ3) is 5.17. The summed E-state index contributed by atoms with van der Waals surface area (Å²) in [5.74, 6) is -0.243. The lowest BCUT2D eigenvalue weighted by molar-refractivity contribution is -0.119. The van der Waals surface area contributed by atoms with Crippen molar-refractivity contribution in [1.29, 1.82) is 0 Å². The lowest BCUT2D eigenvalue weighted by atomic mass is 9.97. The van der Waals surface area contributed by atoms with Crippen LogP contribution in [0.4, 0.5) is 10.1 Å². The molecule has 0 spiro atoms. The second kappa shape index (κ2) is 8.57. The van der Waals surface area contributed by atoms with Gasteiger partial charge in [-0.25, -0.2) is 4.39 Å². The monoisotopic (exact) mass is 304 g/mol. The van der Waals surface area contributed by atoms with Crippen LogP contribution >= 0.6 is 0 Å². The number of halogens is 1. The molecule has 0 atom stereocenters. The lowest BCUT2D eigenvalue weighted by Crippen LogP contribution is -2.37. The highest BCUT2D eigenvalue weighted by molar-refractivity contribution is 5.81. The van der Waals surface area contributed by atoms with Gasteiger partial charge < -0.3 is 10.2 Å². The molecule has 3 nitrogen and oxygen atoms in total. The maximum Gasteiger partial charge on any atom is 0.239 e. The van der Waals surface area contributed by atoms with E-state index in [0.717, 1.165) is 12.1 Å². The average molecular weight is 304 g/mol. The number of hydrogen-bond acceptors (Lipinski definition) is 2. The highest BCUT2D eigenvalue weighted by Gasteiger charge is 2.10. The molecule has 0 saturated carbocycles. The summed E-state index contributed by atoms with van der Waals surface area (Å²) in [5, 5.41) is 2.98. The van der Waals surface area contributed by atoms with Crippen LogP contribution in [-0.2, 0) is 4.79 Å². The van der Waals surface area contributed by atoms with Gasteiger partial charge in [-0.1, -0.05) is 11.6 Å². The van der Waals surface area contributed by atoms with E-state index in [9.17, 15) is 9.18 Å². The standard InChI is InChI=1S/C18H25FN2O/c1-2-21(17-10-8-16(19)9-11-17)14-18(22)20-13-12-15-6-4-3-5-7-15/h6,8-11H,2-5,7,12-14H2,1H3,(H,20,22). The first-order valence-electron chi connectivity index (χ1n) is 8.14. The number of allylic oxidation sites excluding steroid dienone is 1. The Hall–Kier alpha value is -1.84. The third-order valence-electron chi connectivity index (χ3n) is 4.06. The molecule has 22 heavy (non-hydrogen) atoms. The van der Waals surface area contributed by atoms with E-state index in [-0.39, 0.29) is 11.7 Å². The van der Waals surface area contributed by atoms with Crippen LogP contribution in [0.1, 0.15) is 39.0 Å². The molecule has 0 fully saturated rings. The number of rotatable bonds is 7. The molecule has 0 saturated heterocycles. The number of anilines is 1. The van der Waals surface area contributed by atoms with Gasteiger partial charge in [0.1, 0.15) is 5.82 Å². The number of nitrogens with one attached hydrogen (secondary N) is 1. The smallest absolute Gasteiger partial charge is 0.239 e. The molecule has 0 unspecified atom stereocenters. The van der Waals surface area contributed by atoms with E-state index in [1.54, 1.807) is 12.1 Å². The van der Waals surface area contributed by atoms with E-state index >= 15 is 0 Å². The molecule has 1 aromatic rings.